The summed E-state index contributed by atoms with van der Waals surface area (Å²) in [6.45, 7) is 3.48. The van der Waals surface area contributed by atoms with Crippen molar-refractivity contribution in [3.8, 4) is 0 Å². The van der Waals surface area contributed by atoms with Gasteiger partial charge < -0.3 is 10.2 Å². The lowest BCUT2D eigenvalue weighted by atomic mass is 10.1. The van der Waals surface area contributed by atoms with Crippen molar-refractivity contribution < 1.29 is 18.0 Å². The van der Waals surface area contributed by atoms with E-state index in [9.17, 15) is 18.0 Å². The standard InChI is InChI=1S/C27H28BrCl2N3O4S/c1-3-15-31-27(35)19(2)32(17-20-9-7-10-21(28)16-20)25(34)18-33(24-14-8-13-23(29)26(24)30)38(36,37)22-11-5-4-6-12-22/h4-14,16,19H,3,15,17-18H2,1-2H3,(H,31,35). The van der Waals surface area contributed by atoms with Crippen LogP contribution in [0.1, 0.15) is 25.8 Å². The highest BCUT2D eigenvalue weighted by Gasteiger charge is 2.33. The molecule has 0 aliphatic carbocycles. The van der Waals surface area contributed by atoms with Crippen LogP contribution in [-0.2, 0) is 26.2 Å². The molecule has 0 heterocycles. The first-order valence-corrected chi connectivity index (χ1v) is 14.9. The van der Waals surface area contributed by atoms with E-state index >= 15 is 0 Å². The van der Waals surface area contributed by atoms with Crippen molar-refractivity contribution in [2.75, 3.05) is 17.4 Å². The molecule has 38 heavy (non-hydrogen) atoms. The Bertz CT molecular complexity index is 1390. The second kappa shape index (κ2) is 13.5. The van der Waals surface area contributed by atoms with Gasteiger partial charge in [0, 0.05) is 17.6 Å². The Kier molecular flexibility index (Phi) is 10.6. The fourth-order valence-electron chi connectivity index (χ4n) is 3.73. The fourth-order valence-corrected chi connectivity index (χ4v) is 6.07. The maximum absolute atomic E-state index is 13.9. The van der Waals surface area contributed by atoms with E-state index in [-0.39, 0.29) is 33.1 Å². The molecule has 3 rings (SSSR count). The number of hydrogen-bond acceptors (Lipinski definition) is 4. The summed E-state index contributed by atoms with van der Waals surface area (Å²) in [5.74, 6) is -0.923. The van der Waals surface area contributed by atoms with E-state index in [0.717, 1.165) is 20.8 Å². The summed E-state index contributed by atoms with van der Waals surface area (Å²) in [4.78, 5) is 28.1. The predicted molar refractivity (Wildman–Crippen MR) is 155 cm³/mol. The third kappa shape index (κ3) is 7.28. The number of benzene rings is 3. The number of nitrogens with one attached hydrogen (secondary N) is 1. The Balaban J connectivity index is 2.05. The van der Waals surface area contributed by atoms with E-state index in [4.69, 9.17) is 23.2 Å². The summed E-state index contributed by atoms with van der Waals surface area (Å²) in [6.07, 6.45) is 0.731. The first-order chi connectivity index (χ1) is 18.1. The molecule has 1 N–H and O–H groups in total. The topological polar surface area (TPSA) is 86.8 Å². The molecule has 1 unspecified atom stereocenters. The molecule has 0 bridgehead atoms. The highest BCUT2D eigenvalue weighted by molar-refractivity contribution is 9.10. The molecule has 0 fully saturated rings. The Morgan fingerprint density at radius 2 is 1.68 bits per heavy atom. The van der Waals surface area contributed by atoms with Crippen molar-refractivity contribution in [3.05, 3.63) is 92.9 Å². The molecule has 0 radical (unpaired) electrons. The molecule has 202 valence electrons. The van der Waals surface area contributed by atoms with E-state index in [1.165, 1.54) is 29.2 Å². The third-order valence-corrected chi connectivity index (χ3v) is 8.84. The lowest BCUT2D eigenvalue weighted by Gasteiger charge is -2.32. The molecule has 7 nitrogen and oxygen atoms in total. The Labute approximate surface area is 241 Å². The zero-order chi connectivity index (χ0) is 27.9. The highest BCUT2D eigenvalue weighted by atomic mass is 79.9. The number of amides is 2. The Hall–Kier alpha value is -2.59. The minimum absolute atomic E-state index is 0.00579. The Morgan fingerprint density at radius 1 is 1.00 bits per heavy atom. The second-order valence-electron chi connectivity index (χ2n) is 8.52. The molecule has 0 saturated heterocycles. The van der Waals surface area contributed by atoms with Gasteiger partial charge in [0.1, 0.15) is 12.6 Å². The molecule has 3 aromatic rings. The lowest BCUT2D eigenvalue weighted by molar-refractivity contribution is -0.139. The molecule has 0 saturated carbocycles. The van der Waals surface area contributed by atoms with Crippen molar-refractivity contribution in [3.63, 3.8) is 0 Å². The van der Waals surface area contributed by atoms with Gasteiger partial charge in [-0.15, -0.1) is 0 Å². The molecule has 0 spiro atoms. The molecule has 11 heteroatoms. The number of halogens is 3. The molecule has 0 aliphatic heterocycles. The second-order valence-corrected chi connectivity index (χ2v) is 12.1. The van der Waals surface area contributed by atoms with Crippen molar-refractivity contribution in [1.82, 2.24) is 10.2 Å². The van der Waals surface area contributed by atoms with E-state index in [2.05, 4.69) is 21.2 Å². The van der Waals surface area contributed by atoms with E-state index < -0.39 is 28.5 Å². The van der Waals surface area contributed by atoms with Gasteiger partial charge in [-0.3, -0.25) is 13.9 Å². The largest absolute Gasteiger partial charge is 0.354 e. The van der Waals surface area contributed by atoms with E-state index in [1.807, 2.05) is 31.2 Å². The van der Waals surface area contributed by atoms with Gasteiger partial charge in [0.2, 0.25) is 11.8 Å². The maximum atomic E-state index is 13.9. The highest BCUT2D eigenvalue weighted by Crippen LogP contribution is 2.35. The van der Waals surface area contributed by atoms with Crippen LogP contribution >= 0.6 is 39.1 Å². The smallest absolute Gasteiger partial charge is 0.264 e. The molecule has 0 aromatic heterocycles. The number of nitrogens with zero attached hydrogens (tertiary/aromatic N) is 2. The van der Waals surface area contributed by atoms with E-state index in [0.29, 0.717) is 6.54 Å². The quantitative estimate of drug-likeness (QED) is 0.283. The summed E-state index contributed by atoms with van der Waals surface area (Å²) in [5, 5.41) is 2.95. The average molecular weight is 641 g/mol. The predicted octanol–water partition coefficient (Wildman–Crippen LogP) is 5.89. The van der Waals surface area contributed by atoms with Crippen LogP contribution in [-0.4, -0.2) is 44.3 Å². The SMILES string of the molecule is CCCNC(=O)C(C)N(Cc1cccc(Br)c1)C(=O)CN(c1cccc(Cl)c1Cl)S(=O)(=O)c1ccccc1. The van der Waals surface area contributed by atoms with Gasteiger partial charge >= 0.3 is 0 Å². The monoisotopic (exact) mass is 639 g/mol. The van der Waals surface area contributed by atoms with Crippen molar-refractivity contribution in [2.45, 2.75) is 37.8 Å². The number of hydrogen-bond donors (Lipinski definition) is 1. The number of rotatable bonds is 11. The molecule has 3 aromatic carbocycles. The summed E-state index contributed by atoms with van der Waals surface area (Å²) < 4.78 is 29.3. The first-order valence-electron chi connectivity index (χ1n) is 11.9. The minimum atomic E-state index is -4.23. The number of carbonyl (C=O) groups excluding carboxylic acids is 2. The van der Waals surface area contributed by atoms with Gasteiger partial charge in [-0.2, -0.15) is 0 Å². The molecule has 1 atom stereocenters. The van der Waals surface area contributed by atoms with Gasteiger partial charge in [-0.1, -0.05) is 82.5 Å². The molecule has 2 amide bonds. The third-order valence-electron chi connectivity index (χ3n) is 5.77. The molecule has 0 aliphatic rings. The van der Waals surface area contributed by atoms with Crippen LogP contribution in [0.2, 0.25) is 10.0 Å². The zero-order valence-corrected chi connectivity index (χ0v) is 24.8. The summed E-state index contributed by atoms with van der Waals surface area (Å²) in [5.41, 5.74) is 0.822. The normalized spacial score (nSPS) is 12.0. The molecular formula is C27H28BrCl2N3O4S. The van der Waals surface area contributed by atoms with Gasteiger partial charge in [-0.25, -0.2) is 8.42 Å². The van der Waals surface area contributed by atoms with Crippen LogP contribution in [0.5, 0.6) is 0 Å². The van der Waals surface area contributed by atoms with Gasteiger partial charge in [-0.05, 0) is 55.3 Å². The summed E-state index contributed by atoms with van der Waals surface area (Å²) >= 11 is 16.1. The maximum Gasteiger partial charge on any atom is 0.264 e. The van der Waals surface area contributed by atoms with Crippen LogP contribution < -0.4 is 9.62 Å². The van der Waals surface area contributed by atoms with Crippen LogP contribution in [0, 0.1) is 0 Å². The summed E-state index contributed by atoms with van der Waals surface area (Å²) in [7, 11) is -4.23. The minimum Gasteiger partial charge on any atom is -0.354 e. The average Bonchev–Trinajstić information content (AvgIpc) is 2.90. The van der Waals surface area contributed by atoms with Crippen LogP contribution in [0.3, 0.4) is 0 Å². The zero-order valence-electron chi connectivity index (χ0n) is 20.9. The van der Waals surface area contributed by atoms with Crippen LogP contribution in [0.15, 0.2) is 82.2 Å². The van der Waals surface area contributed by atoms with Crippen LogP contribution in [0.25, 0.3) is 0 Å². The van der Waals surface area contributed by atoms with Crippen molar-refractivity contribution in [2.24, 2.45) is 0 Å². The van der Waals surface area contributed by atoms with Gasteiger partial charge in [0.05, 0.1) is 20.6 Å². The Morgan fingerprint density at radius 3 is 2.34 bits per heavy atom. The number of sulfonamides is 1. The van der Waals surface area contributed by atoms with E-state index in [1.54, 1.807) is 31.2 Å². The van der Waals surface area contributed by atoms with Gasteiger partial charge in [0.25, 0.3) is 10.0 Å². The first kappa shape index (κ1) is 30.0. The fraction of sp³-hybridized carbons (Fsp3) is 0.259. The number of anilines is 1. The van der Waals surface area contributed by atoms with Crippen LogP contribution in [0.4, 0.5) is 5.69 Å². The molecular weight excluding hydrogens is 613 g/mol. The van der Waals surface area contributed by atoms with Crippen molar-refractivity contribution in [1.29, 1.82) is 0 Å². The van der Waals surface area contributed by atoms with Crippen molar-refractivity contribution >= 4 is 66.7 Å². The summed E-state index contributed by atoms with van der Waals surface area (Å²) in [6, 6.07) is 18.8. The lowest BCUT2D eigenvalue weighted by Crippen LogP contribution is -2.51. The number of carbonyl (C=O) groups is 2. The van der Waals surface area contributed by atoms with Gasteiger partial charge in [0.15, 0.2) is 0 Å².